The molecule has 1 aromatic heterocycles. The van der Waals surface area contributed by atoms with Crippen molar-refractivity contribution in [2.24, 2.45) is 0 Å². The second kappa shape index (κ2) is 4.94. The number of alkyl halides is 6. The number of hydrogen-bond donors (Lipinski definition) is 1. The summed E-state index contributed by atoms with van der Waals surface area (Å²) in [5, 5.41) is 8.46. The van der Waals surface area contributed by atoms with Gasteiger partial charge in [-0.15, -0.1) is 0 Å². The highest BCUT2D eigenvalue weighted by Gasteiger charge is 2.37. The van der Waals surface area contributed by atoms with Crippen molar-refractivity contribution in [3.8, 4) is 0 Å². The van der Waals surface area contributed by atoms with Crippen molar-refractivity contribution >= 4 is 28.6 Å². The molecule has 0 unspecified atom stereocenters. The zero-order valence-corrected chi connectivity index (χ0v) is 10.6. The molecule has 0 aromatic carbocycles. The molecule has 0 spiro atoms. The summed E-state index contributed by atoms with van der Waals surface area (Å²) in [4.78, 5) is 13.2. The molecule has 1 rings (SSSR count). The maximum atomic E-state index is 12.9. The van der Waals surface area contributed by atoms with Crippen LogP contribution in [0.25, 0.3) is 0 Å². The molecule has 1 heterocycles. The lowest BCUT2D eigenvalue weighted by molar-refractivity contribution is -0.142. The van der Waals surface area contributed by atoms with Crippen LogP contribution in [0.1, 0.15) is 17.0 Å². The molecule has 0 aliphatic carbocycles. The van der Waals surface area contributed by atoms with E-state index in [0.29, 0.717) is 34.7 Å². The Morgan fingerprint density at radius 3 is 2.11 bits per heavy atom. The lowest BCUT2D eigenvalue weighted by atomic mass is 10.1. The molecular weight excluding hydrogens is 376 g/mol. The minimum Gasteiger partial charge on any atom is -0.481 e. The smallest absolute Gasteiger partial charge is 0.433 e. The van der Waals surface area contributed by atoms with Crippen molar-refractivity contribution in [2.45, 2.75) is 16.5 Å². The first-order valence-corrected chi connectivity index (χ1v) is 5.45. The van der Waals surface area contributed by atoms with Crippen LogP contribution in [0.15, 0.2) is 12.1 Å². The maximum Gasteiger partial charge on any atom is 0.433 e. The third kappa shape index (κ3) is 4.03. The minimum absolute atomic E-state index is 0.379. The van der Waals surface area contributed by atoms with Gasteiger partial charge in [0, 0.05) is 22.6 Å². The molecule has 18 heavy (non-hydrogen) atoms. The Balaban J connectivity index is 3.34. The zero-order valence-electron chi connectivity index (χ0n) is 8.43. The fourth-order valence-electron chi connectivity index (χ4n) is 1.15. The summed E-state index contributed by atoms with van der Waals surface area (Å²) >= 11 is 0.627. The summed E-state index contributed by atoms with van der Waals surface area (Å²) in [5.41, 5.74) is -3.03. The minimum atomic E-state index is -4.91. The second-order valence-electron chi connectivity index (χ2n) is 3.31. The summed E-state index contributed by atoms with van der Waals surface area (Å²) < 4.78 is 59.5. The van der Waals surface area contributed by atoms with Gasteiger partial charge in [-0.05, 0) is 17.7 Å². The van der Waals surface area contributed by atoms with Gasteiger partial charge in [0.05, 0.1) is 6.42 Å². The number of carboxylic acid groups (broad SMARTS) is 1. The molecule has 0 amide bonds. The Kier molecular flexibility index (Phi) is 4.13. The molecule has 100 valence electrons. The van der Waals surface area contributed by atoms with Crippen molar-refractivity contribution in [2.75, 3.05) is 0 Å². The van der Waals surface area contributed by atoms with E-state index in [1.54, 1.807) is 0 Å². The Morgan fingerprint density at radius 1 is 1.22 bits per heavy atom. The fraction of sp³-hybridized carbons (Fsp3) is 0.333. The largest absolute Gasteiger partial charge is 0.481 e. The van der Waals surface area contributed by atoms with Crippen molar-refractivity contribution in [3.63, 3.8) is 0 Å². The van der Waals surface area contributed by atoms with Gasteiger partial charge < -0.3 is 5.11 Å². The molecule has 0 radical (unpaired) electrons. The van der Waals surface area contributed by atoms with Crippen LogP contribution in [-0.4, -0.2) is 16.1 Å². The molecule has 1 aromatic rings. The number of aromatic nitrogens is 1. The molecule has 0 saturated heterocycles. The molecule has 1 N–H and O–H groups in total. The first-order valence-electron chi connectivity index (χ1n) is 4.37. The molecule has 0 saturated carbocycles. The quantitative estimate of drug-likeness (QED) is 0.497. The summed E-state index contributed by atoms with van der Waals surface area (Å²) in [6.45, 7) is 0. The topological polar surface area (TPSA) is 50.2 Å². The van der Waals surface area contributed by atoms with Gasteiger partial charge in [0.15, 0.2) is 0 Å². The number of rotatable bonds is 3. The van der Waals surface area contributed by atoms with E-state index in [9.17, 15) is 26.7 Å². The maximum absolute atomic E-state index is 12.9. The summed E-state index contributed by atoms with van der Waals surface area (Å²) in [5.74, 6) is -1.42. The SMILES string of the molecule is O=C(O)Cc1cc(C(F)(F)F)nc(C(F)(F)I)c1. The van der Waals surface area contributed by atoms with E-state index in [1.165, 1.54) is 0 Å². The molecule has 0 bridgehead atoms. The van der Waals surface area contributed by atoms with Crippen LogP contribution in [0.4, 0.5) is 22.0 Å². The van der Waals surface area contributed by atoms with Gasteiger partial charge in [0.25, 0.3) is 0 Å². The number of halogens is 6. The number of aliphatic carboxylic acids is 1. The van der Waals surface area contributed by atoms with Crippen LogP contribution in [0.2, 0.25) is 0 Å². The first kappa shape index (κ1) is 15.1. The van der Waals surface area contributed by atoms with E-state index in [0.717, 1.165) is 0 Å². The number of pyridine rings is 1. The van der Waals surface area contributed by atoms with Gasteiger partial charge in [0.1, 0.15) is 11.4 Å². The molecular formula is C9H5F5INO2. The number of nitrogens with zero attached hydrogens (tertiary/aromatic N) is 1. The Labute approximate surface area is 111 Å². The molecule has 0 fully saturated rings. The second-order valence-corrected chi connectivity index (χ2v) is 4.67. The van der Waals surface area contributed by atoms with Crippen molar-refractivity contribution < 1.29 is 31.9 Å². The van der Waals surface area contributed by atoms with Crippen LogP contribution in [0, 0.1) is 0 Å². The summed E-state index contributed by atoms with van der Waals surface area (Å²) in [6, 6.07) is 1.09. The average Bonchev–Trinajstić information content (AvgIpc) is 2.13. The van der Waals surface area contributed by atoms with Crippen molar-refractivity contribution in [3.05, 3.63) is 29.1 Å². The molecule has 0 aliphatic rings. The number of carboxylic acids is 1. The van der Waals surface area contributed by atoms with Gasteiger partial charge in [-0.3, -0.25) is 4.79 Å². The highest BCUT2D eigenvalue weighted by Crippen LogP contribution is 2.37. The first-order chi connectivity index (χ1) is 8.00. The van der Waals surface area contributed by atoms with E-state index in [-0.39, 0.29) is 5.56 Å². The number of carbonyl (C=O) groups is 1. The lowest BCUT2D eigenvalue weighted by Crippen LogP contribution is -2.15. The van der Waals surface area contributed by atoms with Crippen LogP contribution < -0.4 is 0 Å². The summed E-state index contributed by atoms with van der Waals surface area (Å²) in [6.07, 6.45) is -5.70. The Bertz CT molecular complexity index is 437. The van der Waals surface area contributed by atoms with Crippen LogP contribution in [0.5, 0.6) is 0 Å². The lowest BCUT2D eigenvalue weighted by Gasteiger charge is -2.13. The number of hydrogen-bond acceptors (Lipinski definition) is 2. The zero-order chi connectivity index (χ0) is 14.1. The Hall–Kier alpha value is -1.00. The predicted octanol–water partition coefficient (Wildman–Crippen LogP) is 3.21. The van der Waals surface area contributed by atoms with Gasteiger partial charge in [-0.25, -0.2) is 4.98 Å². The van der Waals surface area contributed by atoms with E-state index in [2.05, 4.69) is 4.98 Å². The predicted molar refractivity (Wildman–Crippen MR) is 58.5 cm³/mol. The van der Waals surface area contributed by atoms with Crippen LogP contribution >= 0.6 is 22.6 Å². The molecule has 0 atom stereocenters. The third-order valence-electron chi connectivity index (χ3n) is 1.82. The highest BCUT2D eigenvalue weighted by atomic mass is 127. The van der Waals surface area contributed by atoms with Crippen molar-refractivity contribution in [1.29, 1.82) is 0 Å². The van der Waals surface area contributed by atoms with Gasteiger partial charge in [0.2, 0.25) is 0 Å². The summed E-state index contributed by atoms with van der Waals surface area (Å²) in [7, 11) is 0. The van der Waals surface area contributed by atoms with E-state index >= 15 is 0 Å². The standard InChI is InChI=1S/C9H5F5INO2/c10-8(11,12)5-1-4(3-7(17)18)2-6(16-5)9(13,14)15/h1-2H,3H2,(H,17,18). The van der Waals surface area contributed by atoms with Gasteiger partial charge in [-0.1, -0.05) is 0 Å². The van der Waals surface area contributed by atoms with Crippen LogP contribution in [-0.2, 0) is 21.3 Å². The molecule has 3 nitrogen and oxygen atoms in total. The molecule has 0 aliphatic heterocycles. The van der Waals surface area contributed by atoms with Gasteiger partial charge in [-0.2, -0.15) is 22.0 Å². The monoisotopic (exact) mass is 381 g/mol. The normalized spacial score (nSPS) is 12.6. The highest BCUT2D eigenvalue weighted by molar-refractivity contribution is 14.1. The van der Waals surface area contributed by atoms with E-state index in [4.69, 9.17) is 5.11 Å². The average molecular weight is 381 g/mol. The van der Waals surface area contributed by atoms with Crippen molar-refractivity contribution in [1.82, 2.24) is 4.98 Å². The molecule has 9 heteroatoms. The van der Waals surface area contributed by atoms with Gasteiger partial charge >= 0.3 is 16.1 Å². The van der Waals surface area contributed by atoms with Crippen LogP contribution in [0.3, 0.4) is 0 Å². The third-order valence-corrected chi connectivity index (χ3v) is 2.37. The van der Waals surface area contributed by atoms with E-state index in [1.807, 2.05) is 0 Å². The van der Waals surface area contributed by atoms with E-state index < -0.39 is 33.9 Å². The Morgan fingerprint density at radius 2 is 1.72 bits per heavy atom. The fourth-order valence-corrected chi connectivity index (χ4v) is 1.43.